The first-order chi connectivity index (χ1) is 15.5. The van der Waals surface area contributed by atoms with Gasteiger partial charge in [-0.2, -0.15) is 4.98 Å². The van der Waals surface area contributed by atoms with Crippen LogP contribution >= 0.6 is 0 Å². The van der Waals surface area contributed by atoms with Crippen molar-refractivity contribution in [2.45, 2.75) is 12.6 Å². The minimum Gasteiger partial charge on any atom is -0.491 e. The first kappa shape index (κ1) is 22.1. The van der Waals surface area contributed by atoms with Crippen molar-refractivity contribution in [2.24, 2.45) is 7.05 Å². The molecule has 11 heteroatoms. The first-order valence-corrected chi connectivity index (χ1v) is 10.7. The standard InChI is InChI=1S/C21H28N6O5/c1-24-18-17(19(30)23-21(24)31)27(13-15(29)14-32-16-5-3-2-4-6-16)20(22-18)26-9-7-25(8-10-26)11-12-28/h2-6,15,28-29H,7-14H2,1H3,(H,23,30,31)/p+1/t15-/m0/s1. The highest BCUT2D eigenvalue weighted by Gasteiger charge is 2.27. The number of fused-ring (bicyclic) bond motifs is 1. The summed E-state index contributed by atoms with van der Waals surface area (Å²) >= 11 is 0. The number of nitrogens with zero attached hydrogens (tertiary/aromatic N) is 4. The number of imidazole rings is 1. The molecule has 11 nitrogen and oxygen atoms in total. The largest absolute Gasteiger partial charge is 0.491 e. The first-order valence-electron chi connectivity index (χ1n) is 10.7. The van der Waals surface area contributed by atoms with Gasteiger partial charge in [0.05, 0.1) is 39.3 Å². The molecule has 1 saturated heterocycles. The van der Waals surface area contributed by atoms with E-state index < -0.39 is 17.4 Å². The third-order valence-corrected chi connectivity index (χ3v) is 5.78. The van der Waals surface area contributed by atoms with Crippen molar-refractivity contribution in [2.75, 3.05) is 50.8 Å². The number of hydrogen-bond donors (Lipinski definition) is 4. The summed E-state index contributed by atoms with van der Waals surface area (Å²) < 4.78 is 8.64. The van der Waals surface area contributed by atoms with Gasteiger partial charge in [0.2, 0.25) is 5.95 Å². The molecule has 1 aromatic carbocycles. The van der Waals surface area contributed by atoms with Crippen molar-refractivity contribution in [3.05, 3.63) is 51.2 Å². The zero-order valence-corrected chi connectivity index (χ0v) is 18.0. The second-order valence-corrected chi connectivity index (χ2v) is 8.00. The maximum atomic E-state index is 12.7. The molecule has 0 amide bonds. The highest BCUT2D eigenvalue weighted by atomic mass is 16.5. The summed E-state index contributed by atoms with van der Waals surface area (Å²) in [5, 5.41) is 19.9. The maximum Gasteiger partial charge on any atom is 0.329 e. The summed E-state index contributed by atoms with van der Waals surface area (Å²) in [5.41, 5.74) is -0.563. The second-order valence-electron chi connectivity index (χ2n) is 8.00. The van der Waals surface area contributed by atoms with Gasteiger partial charge in [0.1, 0.15) is 25.0 Å². The highest BCUT2D eigenvalue weighted by Crippen LogP contribution is 2.20. The number of hydrogen-bond acceptors (Lipinski definition) is 7. The number of rotatable bonds is 8. The smallest absolute Gasteiger partial charge is 0.329 e. The van der Waals surface area contributed by atoms with E-state index in [0.717, 1.165) is 13.1 Å². The zero-order chi connectivity index (χ0) is 22.7. The fourth-order valence-electron chi connectivity index (χ4n) is 4.04. The predicted octanol–water partition coefficient (Wildman–Crippen LogP) is -2.44. The van der Waals surface area contributed by atoms with E-state index in [1.165, 1.54) is 9.47 Å². The maximum absolute atomic E-state index is 12.7. The average molecular weight is 446 g/mol. The van der Waals surface area contributed by atoms with Crippen LogP contribution in [0, 0.1) is 0 Å². The third kappa shape index (κ3) is 4.54. The summed E-state index contributed by atoms with van der Waals surface area (Å²) in [5.74, 6) is 1.18. The second kappa shape index (κ2) is 9.55. The van der Waals surface area contributed by atoms with Crippen LogP contribution in [0.1, 0.15) is 0 Å². The Morgan fingerprint density at radius 3 is 2.62 bits per heavy atom. The fourth-order valence-corrected chi connectivity index (χ4v) is 4.04. The third-order valence-electron chi connectivity index (χ3n) is 5.78. The molecule has 3 heterocycles. The van der Waals surface area contributed by atoms with Gasteiger partial charge in [-0.05, 0) is 12.1 Å². The lowest BCUT2D eigenvalue weighted by Gasteiger charge is -2.33. The molecular formula is C21H29N6O5+. The van der Waals surface area contributed by atoms with Crippen LogP contribution in [0.15, 0.2) is 39.9 Å². The molecule has 32 heavy (non-hydrogen) atoms. The molecule has 0 radical (unpaired) electrons. The number of anilines is 1. The summed E-state index contributed by atoms with van der Waals surface area (Å²) in [6.45, 7) is 3.96. The zero-order valence-electron chi connectivity index (χ0n) is 18.0. The van der Waals surface area contributed by atoms with Gasteiger partial charge in [-0.1, -0.05) is 18.2 Å². The molecular weight excluding hydrogens is 416 g/mol. The number of aromatic amines is 1. The van der Waals surface area contributed by atoms with E-state index in [9.17, 15) is 19.8 Å². The molecule has 0 aliphatic carbocycles. The predicted molar refractivity (Wildman–Crippen MR) is 118 cm³/mol. The van der Waals surface area contributed by atoms with Gasteiger partial charge in [-0.25, -0.2) is 4.79 Å². The SMILES string of the molecule is Cn1c(=O)[nH]c(=O)c2c1nc(N1CC[NH+](CCO)CC1)n2C[C@H](O)COc1ccccc1. The number of aryl methyl sites for hydroxylation is 1. The van der Waals surface area contributed by atoms with E-state index in [1.807, 2.05) is 18.2 Å². The number of benzene rings is 1. The van der Waals surface area contributed by atoms with Crippen LogP contribution in [0.2, 0.25) is 0 Å². The molecule has 0 unspecified atom stereocenters. The molecule has 1 aliphatic rings. The number of aromatic nitrogens is 4. The van der Waals surface area contributed by atoms with Gasteiger partial charge in [0.25, 0.3) is 5.56 Å². The van der Waals surface area contributed by atoms with Crippen molar-refractivity contribution >= 4 is 17.1 Å². The van der Waals surface area contributed by atoms with Gasteiger partial charge in [-0.3, -0.25) is 14.3 Å². The Balaban J connectivity index is 1.63. The van der Waals surface area contributed by atoms with Crippen LogP contribution in [0.25, 0.3) is 11.2 Å². The van der Waals surface area contributed by atoms with Crippen LogP contribution in [-0.4, -0.2) is 81.4 Å². The number of ether oxygens (including phenoxy) is 1. The minimum atomic E-state index is -0.899. The lowest BCUT2D eigenvalue weighted by molar-refractivity contribution is -0.900. The van der Waals surface area contributed by atoms with E-state index in [0.29, 0.717) is 31.3 Å². The molecule has 1 aliphatic heterocycles. The molecule has 1 fully saturated rings. The molecule has 4 N–H and O–H groups in total. The fraction of sp³-hybridized carbons (Fsp3) is 0.476. The number of aliphatic hydroxyl groups is 2. The highest BCUT2D eigenvalue weighted by molar-refractivity contribution is 5.74. The number of aliphatic hydroxyl groups excluding tert-OH is 2. The Hall–Kier alpha value is -3.15. The van der Waals surface area contributed by atoms with E-state index in [2.05, 4.69) is 14.9 Å². The van der Waals surface area contributed by atoms with Gasteiger partial charge >= 0.3 is 5.69 Å². The van der Waals surface area contributed by atoms with Gasteiger partial charge in [0, 0.05) is 7.05 Å². The Morgan fingerprint density at radius 1 is 1.22 bits per heavy atom. The number of nitrogens with one attached hydrogen (secondary N) is 2. The van der Waals surface area contributed by atoms with E-state index in [1.54, 1.807) is 23.7 Å². The Labute approximate surface area is 184 Å². The van der Waals surface area contributed by atoms with Crippen molar-refractivity contribution in [1.82, 2.24) is 19.1 Å². The van der Waals surface area contributed by atoms with Crippen molar-refractivity contribution in [3.8, 4) is 5.75 Å². The Bertz CT molecular complexity index is 1160. The molecule has 4 rings (SSSR count). The average Bonchev–Trinajstić information content (AvgIpc) is 3.17. The summed E-state index contributed by atoms with van der Waals surface area (Å²) in [6, 6.07) is 9.19. The minimum absolute atomic E-state index is 0.0429. The molecule has 0 saturated carbocycles. The van der Waals surface area contributed by atoms with E-state index in [4.69, 9.17) is 4.74 Å². The molecule has 3 aromatic rings. The lowest BCUT2D eigenvalue weighted by atomic mass is 10.3. The summed E-state index contributed by atoms with van der Waals surface area (Å²) in [7, 11) is 1.56. The number of H-pyrrole nitrogens is 1. The van der Waals surface area contributed by atoms with Crippen LogP contribution in [0.5, 0.6) is 5.75 Å². The Kier molecular flexibility index (Phi) is 6.58. The molecule has 2 aromatic heterocycles. The lowest BCUT2D eigenvalue weighted by Crippen LogP contribution is -3.15. The van der Waals surface area contributed by atoms with Crippen molar-refractivity contribution in [3.63, 3.8) is 0 Å². The number of para-hydroxylation sites is 1. The molecule has 0 bridgehead atoms. The molecule has 1 atom stereocenters. The van der Waals surface area contributed by atoms with Crippen molar-refractivity contribution in [1.29, 1.82) is 0 Å². The van der Waals surface area contributed by atoms with E-state index >= 15 is 0 Å². The van der Waals surface area contributed by atoms with Crippen molar-refractivity contribution < 1.29 is 19.8 Å². The summed E-state index contributed by atoms with van der Waals surface area (Å²) in [6.07, 6.45) is -0.899. The number of piperazine rings is 1. The molecule has 172 valence electrons. The van der Waals surface area contributed by atoms with E-state index in [-0.39, 0.29) is 30.9 Å². The van der Waals surface area contributed by atoms with Crippen LogP contribution < -0.4 is 25.8 Å². The van der Waals surface area contributed by atoms with Crippen LogP contribution in [-0.2, 0) is 13.6 Å². The monoisotopic (exact) mass is 445 g/mol. The Morgan fingerprint density at radius 2 is 1.94 bits per heavy atom. The van der Waals surface area contributed by atoms with Gasteiger partial charge in [-0.15, -0.1) is 0 Å². The van der Waals surface area contributed by atoms with Gasteiger partial charge in [0.15, 0.2) is 11.2 Å². The molecule has 0 spiro atoms. The topological polar surface area (TPSA) is 130 Å². The quantitative estimate of drug-likeness (QED) is 0.303. The number of quaternary nitrogens is 1. The van der Waals surface area contributed by atoms with Gasteiger partial charge < -0.3 is 29.3 Å². The van der Waals surface area contributed by atoms with Crippen LogP contribution in [0.4, 0.5) is 5.95 Å². The normalized spacial score (nSPS) is 15.9. The summed E-state index contributed by atoms with van der Waals surface area (Å²) in [4.78, 5) is 35.1. The van der Waals surface area contributed by atoms with Crippen LogP contribution in [0.3, 0.4) is 0 Å².